The van der Waals surface area contributed by atoms with Crippen LogP contribution in [0.4, 0.5) is 11.4 Å². The van der Waals surface area contributed by atoms with Gasteiger partial charge in [0.15, 0.2) is 0 Å². The average molecular weight is 391 g/mol. The summed E-state index contributed by atoms with van der Waals surface area (Å²) in [7, 11) is -2.09. The normalized spacial score (nSPS) is 11.1. The topological polar surface area (TPSA) is 75.7 Å². The van der Waals surface area contributed by atoms with Crippen molar-refractivity contribution in [1.82, 2.24) is 0 Å². The molecule has 0 unspecified atom stereocenters. The predicted molar refractivity (Wildman–Crippen MR) is 109 cm³/mol. The molecule has 1 amide bonds. The molecule has 2 aromatic carbocycles. The summed E-state index contributed by atoms with van der Waals surface area (Å²) in [5.74, 6) is 0.194. The van der Waals surface area contributed by atoms with Crippen molar-refractivity contribution in [3.05, 3.63) is 53.6 Å². The maximum absolute atomic E-state index is 12.6. The van der Waals surface area contributed by atoms with E-state index in [-0.39, 0.29) is 6.54 Å². The Hall–Kier alpha value is -2.54. The molecule has 27 heavy (non-hydrogen) atoms. The molecule has 7 heteroatoms. The van der Waals surface area contributed by atoms with Crippen LogP contribution in [0.1, 0.15) is 25.0 Å². The lowest BCUT2D eigenvalue weighted by atomic mass is 10.0. The van der Waals surface area contributed by atoms with Gasteiger partial charge < -0.3 is 10.1 Å². The number of rotatable bonds is 8. The van der Waals surface area contributed by atoms with Crippen LogP contribution in [0.3, 0.4) is 0 Å². The third kappa shape index (κ3) is 5.23. The molecule has 0 fully saturated rings. The minimum Gasteiger partial charge on any atom is -0.497 e. The number of nitrogens with one attached hydrogen (secondary N) is 1. The van der Waals surface area contributed by atoms with E-state index in [1.165, 1.54) is 4.31 Å². The highest BCUT2D eigenvalue weighted by atomic mass is 32.2. The van der Waals surface area contributed by atoms with Gasteiger partial charge >= 0.3 is 0 Å². The number of ether oxygens (including phenoxy) is 1. The third-order valence-corrected chi connectivity index (χ3v) is 5.37. The molecule has 0 spiro atoms. The second kappa shape index (κ2) is 8.90. The number of nitrogens with zero attached hydrogens (tertiary/aromatic N) is 1. The monoisotopic (exact) mass is 390 g/mol. The number of hydrogen-bond acceptors (Lipinski definition) is 4. The molecule has 6 nitrogen and oxygen atoms in total. The molecule has 2 rings (SSSR count). The summed E-state index contributed by atoms with van der Waals surface area (Å²) in [5.41, 5.74) is 2.95. The summed E-state index contributed by atoms with van der Waals surface area (Å²) < 4.78 is 31.3. The van der Waals surface area contributed by atoms with Crippen LogP contribution in [0.15, 0.2) is 42.5 Å². The summed E-state index contributed by atoms with van der Waals surface area (Å²) in [6.07, 6.45) is 2.47. The second-order valence-electron chi connectivity index (χ2n) is 6.18. The van der Waals surface area contributed by atoms with E-state index in [9.17, 15) is 13.2 Å². The summed E-state index contributed by atoms with van der Waals surface area (Å²) in [6, 6.07) is 12.6. The van der Waals surface area contributed by atoms with Crippen molar-refractivity contribution < 1.29 is 17.9 Å². The fourth-order valence-corrected chi connectivity index (χ4v) is 3.85. The molecular formula is C20H26N2O4S. The highest BCUT2D eigenvalue weighted by Gasteiger charge is 2.25. The number of amides is 1. The smallest absolute Gasteiger partial charge is 0.245 e. The summed E-state index contributed by atoms with van der Waals surface area (Å²) >= 11 is 0. The number of para-hydroxylation sites is 1. The molecule has 0 atom stereocenters. The first-order valence-corrected chi connectivity index (χ1v) is 10.7. The maximum Gasteiger partial charge on any atom is 0.245 e. The van der Waals surface area contributed by atoms with Gasteiger partial charge in [-0.05, 0) is 36.1 Å². The third-order valence-electron chi connectivity index (χ3n) is 4.26. The number of carbonyl (C=O) groups excluding carboxylic acids is 1. The van der Waals surface area contributed by atoms with Crippen LogP contribution in [-0.4, -0.2) is 34.2 Å². The van der Waals surface area contributed by atoms with Crippen LogP contribution in [0.25, 0.3) is 0 Å². The minimum atomic E-state index is -3.64. The summed E-state index contributed by atoms with van der Waals surface area (Å²) in [4.78, 5) is 12.6. The summed E-state index contributed by atoms with van der Waals surface area (Å²) in [5, 5.41) is 2.74. The van der Waals surface area contributed by atoms with Crippen LogP contribution in [0, 0.1) is 0 Å². The first-order valence-electron chi connectivity index (χ1n) is 8.82. The van der Waals surface area contributed by atoms with Crippen molar-refractivity contribution in [3.63, 3.8) is 0 Å². The number of benzene rings is 2. The number of anilines is 2. The molecule has 0 heterocycles. The Morgan fingerprint density at radius 1 is 1.07 bits per heavy atom. The molecule has 0 aliphatic heterocycles. The lowest BCUT2D eigenvalue weighted by Crippen LogP contribution is -2.38. The van der Waals surface area contributed by atoms with E-state index in [2.05, 4.69) is 5.32 Å². The molecule has 0 saturated carbocycles. The van der Waals surface area contributed by atoms with Crippen molar-refractivity contribution in [2.75, 3.05) is 29.5 Å². The number of aryl methyl sites for hydroxylation is 2. The molecule has 0 saturated heterocycles. The fourth-order valence-electron chi connectivity index (χ4n) is 2.93. The molecule has 0 aromatic heterocycles. The molecule has 0 bridgehead atoms. The molecule has 146 valence electrons. The van der Waals surface area contributed by atoms with Crippen molar-refractivity contribution in [2.24, 2.45) is 0 Å². The molecular weight excluding hydrogens is 364 g/mol. The average Bonchev–Trinajstić information content (AvgIpc) is 2.64. The molecule has 0 radical (unpaired) electrons. The lowest BCUT2D eigenvalue weighted by molar-refractivity contribution is -0.114. The fraction of sp³-hybridized carbons (Fsp3) is 0.350. The standard InChI is InChI=1S/C20H26N2O4S/c1-5-15-9-7-10-16(6-2)20(15)22(27(4,24)25)14-19(23)21-17-11-8-12-18(13-17)26-3/h7-13H,5-6,14H2,1-4H3,(H,21,23). The molecule has 2 aromatic rings. The first kappa shape index (κ1) is 20.8. The van der Waals surface area contributed by atoms with Gasteiger partial charge in [0.05, 0.1) is 19.1 Å². The van der Waals surface area contributed by atoms with E-state index in [1.54, 1.807) is 31.4 Å². The van der Waals surface area contributed by atoms with Crippen molar-refractivity contribution in [2.45, 2.75) is 26.7 Å². The molecule has 0 aliphatic carbocycles. The van der Waals surface area contributed by atoms with E-state index in [0.717, 1.165) is 17.4 Å². The minimum absolute atomic E-state index is 0.292. The Morgan fingerprint density at radius 2 is 1.67 bits per heavy atom. The Balaban J connectivity index is 2.35. The van der Waals surface area contributed by atoms with Gasteiger partial charge in [0.1, 0.15) is 12.3 Å². The van der Waals surface area contributed by atoms with Crippen molar-refractivity contribution in [1.29, 1.82) is 0 Å². The second-order valence-corrected chi connectivity index (χ2v) is 8.09. The van der Waals surface area contributed by atoms with Crippen LogP contribution >= 0.6 is 0 Å². The van der Waals surface area contributed by atoms with Gasteiger partial charge in [-0.2, -0.15) is 0 Å². The molecule has 1 N–H and O–H groups in total. The SMILES string of the molecule is CCc1cccc(CC)c1N(CC(=O)Nc1cccc(OC)c1)S(C)(=O)=O. The van der Waals surface area contributed by atoms with Crippen LogP contribution < -0.4 is 14.4 Å². The van der Waals surface area contributed by atoms with Crippen LogP contribution in [0.5, 0.6) is 5.75 Å². The van der Waals surface area contributed by atoms with Gasteiger partial charge in [-0.3, -0.25) is 9.10 Å². The Labute approximate surface area is 161 Å². The van der Waals surface area contributed by atoms with E-state index in [1.807, 2.05) is 32.0 Å². The van der Waals surface area contributed by atoms with E-state index in [4.69, 9.17) is 4.74 Å². The maximum atomic E-state index is 12.6. The van der Waals surface area contributed by atoms with Gasteiger partial charge in [-0.25, -0.2) is 8.42 Å². The van der Waals surface area contributed by atoms with E-state index < -0.39 is 15.9 Å². The Morgan fingerprint density at radius 3 is 2.19 bits per heavy atom. The van der Waals surface area contributed by atoms with Gasteiger partial charge in [0.25, 0.3) is 0 Å². The Bertz CT molecular complexity index is 888. The van der Waals surface area contributed by atoms with Crippen molar-refractivity contribution in [3.8, 4) is 5.75 Å². The highest BCUT2D eigenvalue weighted by molar-refractivity contribution is 7.92. The van der Waals surface area contributed by atoms with Gasteiger partial charge in [0.2, 0.25) is 15.9 Å². The summed E-state index contributed by atoms with van der Waals surface area (Å²) in [6.45, 7) is 3.64. The largest absolute Gasteiger partial charge is 0.497 e. The van der Waals surface area contributed by atoms with Gasteiger partial charge in [-0.15, -0.1) is 0 Å². The van der Waals surface area contributed by atoms with Crippen LogP contribution in [0.2, 0.25) is 0 Å². The zero-order valence-corrected chi connectivity index (χ0v) is 17.0. The van der Waals surface area contributed by atoms with Crippen molar-refractivity contribution >= 4 is 27.3 Å². The lowest BCUT2D eigenvalue weighted by Gasteiger charge is -2.26. The quantitative estimate of drug-likeness (QED) is 0.751. The van der Waals surface area contributed by atoms with Crippen LogP contribution in [-0.2, 0) is 27.7 Å². The first-order chi connectivity index (χ1) is 12.8. The zero-order chi connectivity index (χ0) is 20.0. The van der Waals surface area contributed by atoms with Gasteiger partial charge in [-0.1, -0.05) is 38.1 Å². The number of methoxy groups -OCH3 is 1. The van der Waals surface area contributed by atoms with E-state index >= 15 is 0 Å². The zero-order valence-electron chi connectivity index (χ0n) is 16.2. The van der Waals surface area contributed by atoms with E-state index in [0.29, 0.717) is 30.0 Å². The molecule has 0 aliphatic rings. The number of carbonyl (C=O) groups is 1. The Kier molecular flexibility index (Phi) is 6.85. The predicted octanol–water partition coefficient (Wildman–Crippen LogP) is 3.22. The highest BCUT2D eigenvalue weighted by Crippen LogP contribution is 2.29. The number of sulfonamides is 1. The van der Waals surface area contributed by atoms with Gasteiger partial charge in [0, 0.05) is 11.8 Å². The number of hydrogen-bond donors (Lipinski definition) is 1.